The molecule has 0 aliphatic carbocycles. The van der Waals surface area contributed by atoms with E-state index in [0.29, 0.717) is 11.4 Å². The Hall–Kier alpha value is -4.85. The Labute approximate surface area is 258 Å². The lowest BCUT2D eigenvalue weighted by Crippen LogP contribution is -2.24. The third-order valence-corrected chi connectivity index (χ3v) is 7.98. The quantitative estimate of drug-likeness (QED) is 0.123. The molecule has 5 aromatic rings. The molecule has 0 unspecified atom stereocenters. The number of rotatable bonds is 11. The number of carbonyl (C=O) groups is 1. The average molecular weight is 584 g/mol. The summed E-state index contributed by atoms with van der Waals surface area (Å²) in [6.45, 7) is 4.32. The third kappa shape index (κ3) is 7.02. The zero-order chi connectivity index (χ0) is 30.1. The van der Waals surface area contributed by atoms with E-state index in [-0.39, 0.29) is 5.97 Å². The molecule has 7 nitrogen and oxygen atoms in total. The number of carbonyl (C=O) groups excluding carboxylic acids is 1. The number of hydrogen-bond donors (Lipinski definition) is 3. The Bertz CT molecular complexity index is 1750. The molecule has 6 rings (SSSR count). The van der Waals surface area contributed by atoms with Crippen molar-refractivity contribution in [1.82, 2.24) is 20.6 Å². The summed E-state index contributed by atoms with van der Waals surface area (Å²) in [6, 6.07) is 29.3. The smallest absolute Gasteiger partial charge is 0.338 e. The zero-order valence-corrected chi connectivity index (χ0v) is 25.0. The van der Waals surface area contributed by atoms with Crippen molar-refractivity contribution in [2.24, 2.45) is 0 Å². The zero-order valence-electron chi connectivity index (χ0n) is 25.0. The van der Waals surface area contributed by atoms with Gasteiger partial charge in [-0.1, -0.05) is 72.8 Å². The van der Waals surface area contributed by atoms with E-state index in [4.69, 9.17) is 4.74 Å². The van der Waals surface area contributed by atoms with E-state index in [0.717, 1.165) is 84.3 Å². The Kier molecular flexibility index (Phi) is 9.35. The predicted octanol–water partition coefficient (Wildman–Crippen LogP) is 6.37. The molecule has 0 atom stereocenters. The molecule has 3 N–H and O–H groups in total. The summed E-state index contributed by atoms with van der Waals surface area (Å²) in [6.07, 6.45) is 7.73. The van der Waals surface area contributed by atoms with Gasteiger partial charge in [-0.2, -0.15) is 0 Å². The van der Waals surface area contributed by atoms with Crippen molar-refractivity contribution in [3.05, 3.63) is 120 Å². The van der Waals surface area contributed by atoms with Crippen LogP contribution in [0, 0.1) is 0 Å². The van der Waals surface area contributed by atoms with Crippen LogP contribution in [-0.2, 0) is 11.2 Å². The number of ether oxygens (including phenoxy) is 1. The fraction of sp³-hybridized carbons (Fsp3) is 0.216. The monoisotopic (exact) mass is 583 g/mol. The molecule has 0 radical (unpaired) electrons. The highest BCUT2D eigenvalue weighted by atomic mass is 16.5. The van der Waals surface area contributed by atoms with Gasteiger partial charge in [0, 0.05) is 25.2 Å². The van der Waals surface area contributed by atoms with Crippen LogP contribution in [0.3, 0.4) is 0 Å². The van der Waals surface area contributed by atoms with E-state index in [1.54, 1.807) is 0 Å². The van der Waals surface area contributed by atoms with Gasteiger partial charge in [-0.05, 0) is 82.7 Å². The van der Waals surface area contributed by atoms with E-state index in [2.05, 4.69) is 105 Å². The summed E-state index contributed by atoms with van der Waals surface area (Å²) < 4.78 is 5.11. The van der Waals surface area contributed by atoms with E-state index in [1.807, 2.05) is 24.5 Å². The number of fused-ring (bicyclic) bond motifs is 1. The minimum atomic E-state index is -0.307. The number of esters is 1. The minimum absolute atomic E-state index is 0.307. The van der Waals surface area contributed by atoms with Crippen LogP contribution in [0.4, 0.5) is 5.69 Å². The molecule has 0 fully saturated rings. The minimum Gasteiger partial charge on any atom is -0.465 e. The molecule has 2 heterocycles. The van der Waals surface area contributed by atoms with Gasteiger partial charge in [0.1, 0.15) is 0 Å². The highest BCUT2D eigenvalue weighted by Crippen LogP contribution is 2.32. The van der Waals surface area contributed by atoms with Crippen LogP contribution in [0.5, 0.6) is 0 Å². The normalized spacial score (nSPS) is 13.0. The molecule has 1 aromatic heterocycles. The van der Waals surface area contributed by atoms with E-state index < -0.39 is 0 Å². The second-order valence-corrected chi connectivity index (χ2v) is 10.9. The average Bonchev–Trinajstić information content (AvgIpc) is 3.10. The summed E-state index contributed by atoms with van der Waals surface area (Å²) in [5.74, 6) is 0.385. The van der Waals surface area contributed by atoms with Crippen LogP contribution in [0.15, 0.2) is 103 Å². The van der Waals surface area contributed by atoms with Crippen LogP contribution in [0.25, 0.3) is 38.9 Å². The van der Waals surface area contributed by atoms with Gasteiger partial charge in [-0.15, -0.1) is 0 Å². The second kappa shape index (κ2) is 14.1. The lowest BCUT2D eigenvalue weighted by molar-refractivity contribution is 0.0600. The fourth-order valence-corrected chi connectivity index (χ4v) is 5.57. The first-order chi connectivity index (χ1) is 21.7. The van der Waals surface area contributed by atoms with Gasteiger partial charge in [0.25, 0.3) is 0 Å². The standard InChI is InChI=1S/C37H37N5O2/c1-44-37(43)35-22-31-12-11-30(21-32(31)23-34(35)28-14-17-38-18-15-28)27-7-9-29(10-8-27)36-41-24-33(25-42-36)40-20-19-39-16-13-26-5-3-2-4-6-26/h2-12,14,21-25,38-40H,13,15-20H2,1H3. The summed E-state index contributed by atoms with van der Waals surface area (Å²) in [4.78, 5) is 21.8. The number of hydrogen-bond acceptors (Lipinski definition) is 7. The molecule has 0 saturated heterocycles. The van der Waals surface area contributed by atoms with E-state index >= 15 is 0 Å². The first-order valence-corrected chi connectivity index (χ1v) is 15.2. The van der Waals surface area contributed by atoms with Gasteiger partial charge in [0.15, 0.2) is 5.82 Å². The maximum atomic E-state index is 12.6. The number of benzene rings is 4. The van der Waals surface area contributed by atoms with Crippen molar-refractivity contribution in [2.45, 2.75) is 12.8 Å². The molecule has 4 aromatic carbocycles. The summed E-state index contributed by atoms with van der Waals surface area (Å²) in [5.41, 5.74) is 8.17. The Balaban J connectivity index is 1.10. The van der Waals surface area contributed by atoms with Crippen molar-refractivity contribution in [1.29, 1.82) is 0 Å². The highest BCUT2D eigenvalue weighted by Gasteiger charge is 2.18. The van der Waals surface area contributed by atoms with E-state index in [9.17, 15) is 4.79 Å². The molecule has 7 heteroatoms. The topological polar surface area (TPSA) is 88.2 Å². The number of anilines is 1. The van der Waals surface area contributed by atoms with Gasteiger partial charge in [0.2, 0.25) is 0 Å². The molecule has 0 saturated carbocycles. The molecule has 0 spiro atoms. The van der Waals surface area contributed by atoms with Gasteiger partial charge < -0.3 is 20.7 Å². The van der Waals surface area contributed by atoms with Crippen molar-refractivity contribution >= 4 is 28.0 Å². The molecule has 44 heavy (non-hydrogen) atoms. The number of aromatic nitrogens is 2. The lowest BCUT2D eigenvalue weighted by atomic mass is 9.91. The largest absolute Gasteiger partial charge is 0.465 e. The predicted molar refractivity (Wildman–Crippen MR) is 179 cm³/mol. The SMILES string of the molecule is COC(=O)c1cc2ccc(-c3ccc(-c4ncc(NCCNCCc5ccccc5)cn4)cc3)cc2cc1C1=CCNCC1. The van der Waals surface area contributed by atoms with Gasteiger partial charge >= 0.3 is 5.97 Å². The van der Waals surface area contributed by atoms with Gasteiger partial charge in [-0.3, -0.25) is 0 Å². The molecule has 1 aliphatic rings. The van der Waals surface area contributed by atoms with Crippen molar-refractivity contribution in [2.75, 3.05) is 45.2 Å². The third-order valence-electron chi connectivity index (χ3n) is 7.98. The summed E-state index contributed by atoms with van der Waals surface area (Å²) in [5, 5.41) is 12.3. The number of nitrogens with one attached hydrogen (secondary N) is 3. The van der Waals surface area contributed by atoms with Crippen LogP contribution in [0.1, 0.15) is 27.9 Å². The molecule has 0 amide bonds. The Morgan fingerprint density at radius 1 is 0.841 bits per heavy atom. The maximum absolute atomic E-state index is 12.6. The highest BCUT2D eigenvalue weighted by molar-refractivity contribution is 6.02. The van der Waals surface area contributed by atoms with Crippen molar-refractivity contribution in [3.8, 4) is 22.5 Å². The van der Waals surface area contributed by atoms with Crippen LogP contribution in [0.2, 0.25) is 0 Å². The van der Waals surface area contributed by atoms with E-state index in [1.165, 1.54) is 18.2 Å². The Morgan fingerprint density at radius 2 is 1.61 bits per heavy atom. The Morgan fingerprint density at radius 3 is 2.36 bits per heavy atom. The number of methoxy groups -OCH3 is 1. The second-order valence-electron chi connectivity index (χ2n) is 10.9. The van der Waals surface area contributed by atoms with Crippen molar-refractivity contribution in [3.63, 3.8) is 0 Å². The van der Waals surface area contributed by atoms with Gasteiger partial charge in [0.05, 0.1) is 30.8 Å². The lowest BCUT2D eigenvalue weighted by Gasteiger charge is -2.18. The first-order valence-electron chi connectivity index (χ1n) is 15.2. The molecule has 1 aliphatic heterocycles. The van der Waals surface area contributed by atoms with Gasteiger partial charge in [-0.25, -0.2) is 14.8 Å². The fourth-order valence-electron chi connectivity index (χ4n) is 5.57. The number of nitrogens with zero attached hydrogens (tertiary/aromatic N) is 2. The van der Waals surface area contributed by atoms with Crippen molar-refractivity contribution < 1.29 is 9.53 Å². The molecule has 222 valence electrons. The first kappa shape index (κ1) is 29.2. The van der Waals surface area contributed by atoms with Crippen LogP contribution < -0.4 is 16.0 Å². The summed E-state index contributed by atoms with van der Waals surface area (Å²) >= 11 is 0. The molecule has 0 bridgehead atoms. The molecular weight excluding hydrogens is 546 g/mol. The van der Waals surface area contributed by atoms with Crippen LogP contribution in [-0.4, -0.2) is 55.8 Å². The summed E-state index contributed by atoms with van der Waals surface area (Å²) in [7, 11) is 1.43. The maximum Gasteiger partial charge on any atom is 0.338 e. The molecular formula is C37H37N5O2. The van der Waals surface area contributed by atoms with Crippen LogP contribution >= 0.6 is 0 Å².